The maximum Gasteiger partial charge on any atom is 0.276 e. The van der Waals surface area contributed by atoms with Crippen LogP contribution in [-0.4, -0.2) is 17.6 Å². The van der Waals surface area contributed by atoms with Crippen molar-refractivity contribution in [3.8, 4) is 5.75 Å². The van der Waals surface area contributed by atoms with Crippen LogP contribution in [0, 0.1) is 13.8 Å². The van der Waals surface area contributed by atoms with Gasteiger partial charge < -0.3 is 10.1 Å². The van der Waals surface area contributed by atoms with E-state index in [1.165, 1.54) is 0 Å². The highest BCUT2D eigenvalue weighted by Gasteiger charge is 2.04. The number of thiocarbonyl (C=S) groups is 1. The zero-order valence-electron chi connectivity index (χ0n) is 13.4. The Kier molecular flexibility index (Phi) is 6.40. The number of halogens is 1. The van der Waals surface area contributed by atoms with Gasteiger partial charge in [0.15, 0.2) is 11.7 Å². The number of benzene rings is 2. The first-order valence-corrected chi connectivity index (χ1v) is 8.04. The maximum absolute atomic E-state index is 11.7. The van der Waals surface area contributed by atoms with Crippen molar-refractivity contribution in [3.63, 3.8) is 0 Å². The monoisotopic (exact) mass is 363 g/mol. The van der Waals surface area contributed by atoms with Gasteiger partial charge in [-0.2, -0.15) is 0 Å². The fourth-order valence-electron chi connectivity index (χ4n) is 1.78. The van der Waals surface area contributed by atoms with Gasteiger partial charge in [-0.15, -0.1) is 0 Å². The Morgan fingerprint density at radius 2 is 1.83 bits per heavy atom. The van der Waals surface area contributed by atoms with Crippen LogP contribution in [0.2, 0.25) is 5.02 Å². The van der Waals surface area contributed by atoms with Crippen LogP contribution in [0.1, 0.15) is 11.1 Å². The number of aryl methyl sites for hydroxylation is 2. The van der Waals surface area contributed by atoms with Crippen molar-refractivity contribution in [2.75, 3.05) is 11.9 Å². The number of nitrogens with one attached hydrogen (secondary N) is 3. The third-order valence-electron chi connectivity index (χ3n) is 3.14. The summed E-state index contributed by atoms with van der Waals surface area (Å²) in [5, 5.41) is 3.81. The van der Waals surface area contributed by atoms with Crippen LogP contribution in [0.3, 0.4) is 0 Å². The van der Waals surface area contributed by atoms with Crippen LogP contribution in [0.4, 0.5) is 5.69 Å². The lowest BCUT2D eigenvalue weighted by Crippen LogP contribution is -2.45. The molecule has 3 N–H and O–H groups in total. The van der Waals surface area contributed by atoms with Crippen molar-refractivity contribution in [3.05, 3.63) is 58.6 Å². The molecule has 7 heteroatoms. The molecule has 0 unspecified atom stereocenters. The number of hydrazine groups is 1. The second-order valence-corrected chi connectivity index (χ2v) is 6.01. The summed E-state index contributed by atoms with van der Waals surface area (Å²) in [6.07, 6.45) is 0. The molecule has 0 aliphatic rings. The molecule has 0 fully saturated rings. The summed E-state index contributed by atoms with van der Waals surface area (Å²) in [7, 11) is 0. The minimum Gasteiger partial charge on any atom is -0.484 e. The molecule has 0 saturated carbocycles. The van der Waals surface area contributed by atoms with E-state index in [0.717, 1.165) is 16.8 Å². The molecule has 24 heavy (non-hydrogen) atoms. The Bertz CT molecular complexity index is 735. The molecule has 1 amide bonds. The van der Waals surface area contributed by atoms with E-state index in [4.69, 9.17) is 28.6 Å². The second-order valence-electron chi connectivity index (χ2n) is 5.19. The van der Waals surface area contributed by atoms with Gasteiger partial charge in [-0.3, -0.25) is 15.6 Å². The van der Waals surface area contributed by atoms with Gasteiger partial charge in [0.2, 0.25) is 0 Å². The molecular weight excluding hydrogens is 346 g/mol. The SMILES string of the molecule is Cc1ccc(OCC(=O)NNC(=S)Nc2ccc(C)c(Cl)c2)cc1. The third kappa shape index (κ3) is 5.72. The van der Waals surface area contributed by atoms with Crippen LogP contribution in [0.5, 0.6) is 5.75 Å². The molecular formula is C17H18ClN3O2S. The number of anilines is 1. The van der Waals surface area contributed by atoms with E-state index >= 15 is 0 Å². The van der Waals surface area contributed by atoms with E-state index in [0.29, 0.717) is 10.8 Å². The molecule has 0 aliphatic heterocycles. The summed E-state index contributed by atoms with van der Waals surface area (Å²) in [5.41, 5.74) is 7.90. The molecule has 2 aromatic rings. The predicted molar refractivity (Wildman–Crippen MR) is 100 cm³/mol. The molecule has 0 aliphatic carbocycles. The summed E-state index contributed by atoms with van der Waals surface area (Å²) >= 11 is 11.1. The quantitative estimate of drug-likeness (QED) is 0.574. The molecule has 0 aromatic heterocycles. The van der Waals surface area contributed by atoms with Gasteiger partial charge in [0, 0.05) is 10.7 Å². The van der Waals surface area contributed by atoms with E-state index in [-0.39, 0.29) is 17.6 Å². The Morgan fingerprint density at radius 1 is 1.12 bits per heavy atom. The highest BCUT2D eigenvalue weighted by Crippen LogP contribution is 2.19. The Hall–Kier alpha value is -2.31. The molecule has 0 radical (unpaired) electrons. The average molecular weight is 364 g/mol. The first kappa shape index (κ1) is 18.0. The smallest absolute Gasteiger partial charge is 0.276 e. The van der Waals surface area contributed by atoms with Crippen molar-refractivity contribution in [2.24, 2.45) is 0 Å². The molecule has 5 nitrogen and oxygen atoms in total. The molecule has 0 saturated heterocycles. The molecule has 0 spiro atoms. The summed E-state index contributed by atoms with van der Waals surface area (Å²) in [6.45, 7) is 3.78. The Balaban J connectivity index is 1.73. The fraction of sp³-hybridized carbons (Fsp3) is 0.176. The summed E-state index contributed by atoms with van der Waals surface area (Å²) in [6, 6.07) is 12.9. The summed E-state index contributed by atoms with van der Waals surface area (Å²) in [4.78, 5) is 11.7. The van der Waals surface area contributed by atoms with Crippen molar-refractivity contribution in [2.45, 2.75) is 13.8 Å². The van der Waals surface area contributed by atoms with Crippen molar-refractivity contribution in [1.29, 1.82) is 0 Å². The second kappa shape index (κ2) is 8.52. The Labute approximate surface area is 151 Å². The van der Waals surface area contributed by atoms with Gasteiger partial charge in [0.25, 0.3) is 5.91 Å². The standard InChI is InChI=1S/C17H18ClN3O2S/c1-11-3-7-14(8-4-11)23-10-16(22)20-21-17(24)19-13-6-5-12(2)15(18)9-13/h3-9H,10H2,1-2H3,(H,20,22)(H2,19,21,24). The summed E-state index contributed by atoms with van der Waals surface area (Å²) < 4.78 is 5.37. The van der Waals surface area contributed by atoms with Crippen molar-refractivity contribution < 1.29 is 9.53 Å². The van der Waals surface area contributed by atoms with Crippen LogP contribution < -0.4 is 20.9 Å². The third-order valence-corrected chi connectivity index (χ3v) is 3.75. The molecule has 0 bridgehead atoms. The van der Waals surface area contributed by atoms with Gasteiger partial charge >= 0.3 is 0 Å². The average Bonchev–Trinajstić information content (AvgIpc) is 2.56. The lowest BCUT2D eigenvalue weighted by atomic mass is 10.2. The lowest BCUT2D eigenvalue weighted by Gasteiger charge is -2.12. The normalized spacial score (nSPS) is 9.96. The number of ether oxygens (including phenoxy) is 1. The van der Waals surface area contributed by atoms with Gasteiger partial charge in [0.05, 0.1) is 0 Å². The summed E-state index contributed by atoms with van der Waals surface area (Å²) in [5.74, 6) is 0.285. The number of hydrogen-bond donors (Lipinski definition) is 3. The van der Waals surface area contributed by atoms with Crippen molar-refractivity contribution >= 4 is 40.5 Å². The van der Waals surface area contributed by atoms with E-state index < -0.39 is 0 Å². The lowest BCUT2D eigenvalue weighted by molar-refractivity contribution is -0.123. The molecule has 0 atom stereocenters. The first-order valence-electron chi connectivity index (χ1n) is 7.25. The number of amides is 1. The number of rotatable bonds is 4. The molecule has 2 aromatic carbocycles. The zero-order chi connectivity index (χ0) is 17.5. The van der Waals surface area contributed by atoms with Gasteiger partial charge in [-0.25, -0.2) is 0 Å². The highest BCUT2D eigenvalue weighted by atomic mass is 35.5. The number of hydrogen-bond acceptors (Lipinski definition) is 3. The maximum atomic E-state index is 11.7. The zero-order valence-corrected chi connectivity index (χ0v) is 14.9. The van der Waals surface area contributed by atoms with E-state index in [2.05, 4.69) is 16.2 Å². The van der Waals surface area contributed by atoms with Crippen LogP contribution in [0.15, 0.2) is 42.5 Å². The van der Waals surface area contributed by atoms with E-state index in [1.54, 1.807) is 6.07 Å². The highest BCUT2D eigenvalue weighted by molar-refractivity contribution is 7.80. The van der Waals surface area contributed by atoms with Crippen LogP contribution in [0.25, 0.3) is 0 Å². The first-order chi connectivity index (χ1) is 11.4. The van der Waals surface area contributed by atoms with E-state index in [1.807, 2.05) is 50.2 Å². The minimum absolute atomic E-state index is 0.116. The van der Waals surface area contributed by atoms with Gasteiger partial charge in [-0.05, 0) is 55.9 Å². The Morgan fingerprint density at radius 3 is 2.50 bits per heavy atom. The van der Waals surface area contributed by atoms with Gasteiger partial charge in [0.1, 0.15) is 5.75 Å². The topological polar surface area (TPSA) is 62.4 Å². The minimum atomic E-state index is -0.346. The van der Waals surface area contributed by atoms with E-state index in [9.17, 15) is 4.79 Å². The number of carbonyl (C=O) groups excluding carboxylic acids is 1. The number of carbonyl (C=O) groups is 1. The largest absolute Gasteiger partial charge is 0.484 e. The van der Waals surface area contributed by atoms with Crippen LogP contribution in [-0.2, 0) is 4.79 Å². The fourth-order valence-corrected chi connectivity index (χ4v) is 2.13. The predicted octanol–water partition coefficient (Wildman–Crippen LogP) is 3.35. The molecule has 2 rings (SSSR count). The van der Waals surface area contributed by atoms with Crippen molar-refractivity contribution in [1.82, 2.24) is 10.9 Å². The van der Waals surface area contributed by atoms with Gasteiger partial charge in [-0.1, -0.05) is 35.4 Å². The van der Waals surface area contributed by atoms with Crippen LogP contribution >= 0.6 is 23.8 Å². The molecule has 0 heterocycles. The molecule has 126 valence electrons.